The maximum absolute atomic E-state index is 13.6. The number of halogens is 2. The zero-order chi connectivity index (χ0) is 13.2. The predicted octanol–water partition coefficient (Wildman–Crippen LogP) is 3.08. The number of rotatable bonds is 2. The van der Waals surface area contributed by atoms with Crippen LogP contribution in [0.25, 0.3) is 0 Å². The predicted molar refractivity (Wildman–Crippen MR) is 70.0 cm³/mol. The zero-order valence-electron chi connectivity index (χ0n) is 10.0. The van der Waals surface area contributed by atoms with Gasteiger partial charge in [0.2, 0.25) is 5.91 Å². The Labute approximate surface area is 111 Å². The van der Waals surface area contributed by atoms with E-state index in [4.69, 9.17) is 17.3 Å². The van der Waals surface area contributed by atoms with E-state index < -0.39 is 11.4 Å². The lowest BCUT2D eigenvalue weighted by atomic mass is 9.82. The highest BCUT2D eigenvalue weighted by Crippen LogP contribution is 2.28. The van der Waals surface area contributed by atoms with E-state index in [2.05, 4.69) is 5.32 Å². The first-order valence-electron chi connectivity index (χ1n) is 6.07. The topological polar surface area (TPSA) is 55.1 Å². The Morgan fingerprint density at radius 3 is 2.61 bits per heavy atom. The third-order valence-electron chi connectivity index (χ3n) is 3.38. The molecule has 0 unspecified atom stereocenters. The van der Waals surface area contributed by atoms with Crippen LogP contribution in [0, 0.1) is 5.82 Å². The van der Waals surface area contributed by atoms with Crippen LogP contribution in [0.15, 0.2) is 18.2 Å². The van der Waals surface area contributed by atoms with Crippen LogP contribution in [-0.2, 0) is 4.79 Å². The molecule has 0 heterocycles. The molecule has 1 aliphatic carbocycles. The molecule has 1 saturated carbocycles. The van der Waals surface area contributed by atoms with E-state index in [0.717, 1.165) is 19.3 Å². The standard InChI is InChI=1S/C13H16ClFN2O/c14-9-4-5-11(10(15)8-9)17-12(18)13(16)6-2-1-3-7-13/h4-5,8H,1-3,6-7,16H2,(H,17,18). The van der Waals surface area contributed by atoms with Crippen molar-refractivity contribution in [2.75, 3.05) is 5.32 Å². The van der Waals surface area contributed by atoms with Gasteiger partial charge in [-0.15, -0.1) is 0 Å². The first kappa shape index (κ1) is 13.3. The average Bonchev–Trinajstić information content (AvgIpc) is 2.33. The molecular weight excluding hydrogens is 255 g/mol. The number of anilines is 1. The fourth-order valence-electron chi connectivity index (χ4n) is 2.25. The summed E-state index contributed by atoms with van der Waals surface area (Å²) in [6, 6.07) is 4.15. The molecule has 1 aromatic carbocycles. The van der Waals surface area contributed by atoms with Crippen molar-refractivity contribution in [3.63, 3.8) is 0 Å². The molecule has 0 bridgehead atoms. The number of benzene rings is 1. The summed E-state index contributed by atoms with van der Waals surface area (Å²) in [7, 11) is 0. The molecule has 98 valence electrons. The molecule has 0 spiro atoms. The largest absolute Gasteiger partial charge is 0.322 e. The van der Waals surface area contributed by atoms with Crippen LogP contribution in [0.3, 0.4) is 0 Å². The summed E-state index contributed by atoms with van der Waals surface area (Å²) in [5.74, 6) is -0.862. The van der Waals surface area contributed by atoms with E-state index in [1.54, 1.807) is 0 Å². The van der Waals surface area contributed by atoms with Crippen molar-refractivity contribution in [2.45, 2.75) is 37.6 Å². The van der Waals surface area contributed by atoms with Gasteiger partial charge in [0.1, 0.15) is 5.82 Å². The summed E-state index contributed by atoms with van der Waals surface area (Å²) in [4.78, 5) is 12.1. The third-order valence-corrected chi connectivity index (χ3v) is 3.61. The molecule has 0 radical (unpaired) electrons. The van der Waals surface area contributed by atoms with Crippen molar-refractivity contribution in [1.82, 2.24) is 0 Å². The Balaban J connectivity index is 2.11. The summed E-state index contributed by atoms with van der Waals surface area (Å²) in [6.45, 7) is 0. The minimum absolute atomic E-state index is 0.125. The van der Waals surface area contributed by atoms with Gasteiger partial charge in [-0.1, -0.05) is 30.9 Å². The summed E-state index contributed by atoms with van der Waals surface area (Å²) < 4.78 is 13.6. The smallest absolute Gasteiger partial charge is 0.244 e. The number of nitrogens with one attached hydrogen (secondary N) is 1. The van der Waals surface area contributed by atoms with Crippen LogP contribution in [0.1, 0.15) is 32.1 Å². The first-order chi connectivity index (χ1) is 8.51. The second-order valence-electron chi connectivity index (χ2n) is 4.80. The summed E-state index contributed by atoms with van der Waals surface area (Å²) >= 11 is 5.65. The molecule has 0 saturated heterocycles. The van der Waals surface area contributed by atoms with Crippen LogP contribution in [0.4, 0.5) is 10.1 Å². The number of hydrogen-bond donors (Lipinski definition) is 2. The first-order valence-corrected chi connectivity index (χ1v) is 6.44. The highest BCUT2D eigenvalue weighted by molar-refractivity contribution is 6.30. The molecular formula is C13H16ClFN2O. The monoisotopic (exact) mass is 270 g/mol. The molecule has 0 atom stereocenters. The van der Waals surface area contributed by atoms with Gasteiger partial charge in [-0.25, -0.2) is 4.39 Å². The molecule has 1 aliphatic rings. The van der Waals surface area contributed by atoms with E-state index in [1.165, 1.54) is 18.2 Å². The number of carbonyl (C=O) groups excluding carboxylic acids is 1. The van der Waals surface area contributed by atoms with Crippen LogP contribution in [0.5, 0.6) is 0 Å². The molecule has 1 amide bonds. The van der Waals surface area contributed by atoms with E-state index in [9.17, 15) is 9.18 Å². The lowest BCUT2D eigenvalue weighted by Crippen LogP contribution is -2.52. The molecule has 5 heteroatoms. The Kier molecular flexibility index (Phi) is 3.88. The Morgan fingerprint density at radius 2 is 2.00 bits per heavy atom. The van der Waals surface area contributed by atoms with Crippen molar-refractivity contribution in [1.29, 1.82) is 0 Å². The van der Waals surface area contributed by atoms with Crippen molar-refractivity contribution in [3.8, 4) is 0 Å². The maximum Gasteiger partial charge on any atom is 0.244 e. The van der Waals surface area contributed by atoms with Gasteiger partial charge in [0.05, 0.1) is 11.2 Å². The number of nitrogens with two attached hydrogens (primary N) is 1. The zero-order valence-corrected chi connectivity index (χ0v) is 10.8. The van der Waals surface area contributed by atoms with Crippen LogP contribution in [-0.4, -0.2) is 11.4 Å². The van der Waals surface area contributed by atoms with E-state index in [0.29, 0.717) is 17.9 Å². The summed E-state index contributed by atoms with van der Waals surface area (Å²) in [5, 5.41) is 2.85. The minimum Gasteiger partial charge on any atom is -0.322 e. The van der Waals surface area contributed by atoms with Crippen molar-refractivity contribution in [2.24, 2.45) is 5.73 Å². The third kappa shape index (κ3) is 2.82. The van der Waals surface area contributed by atoms with Crippen molar-refractivity contribution >= 4 is 23.2 Å². The van der Waals surface area contributed by atoms with Gasteiger partial charge in [0.25, 0.3) is 0 Å². The van der Waals surface area contributed by atoms with Gasteiger partial charge < -0.3 is 11.1 Å². The quantitative estimate of drug-likeness (QED) is 0.868. The van der Waals surface area contributed by atoms with Gasteiger partial charge in [-0.3, -0.25) is 4.79 Å². The van der Waals surface area contributed by atoms with Gasteiger partial charge in [-0.05, 0) is 31.0 Å². The lowest BCUT2D eigenvalue weighted by Gasteiger charge is -2.31. The fourth-order valence-corrected chi connectivity index (χ4v) is 2.41. The summed E-state index contributed by atoms with van der Waals surface area (Å²) in [6.07, 6.45) is 4.27. The van der Waals surface area contributed by atoms with Crippen LogP contribution in [0.2, 0.25) is 5.02 Å². The van der Waals surface area contributed by atoms with Gasteiger partial charge in [0, 0.05) is 5.02 Å². The molecule has 0 aliphatic heterocycles. The normalized spacial score (nSPS) is 18.4. The second kappa shape index (κ2) is 5.24. The highest BCUT2D eigenvalue weighted by Gasteiger charge is 2.35. The van der Waals surface area contributed by atoms with Crippen molar-refractivity contribution < 1.29 is 9.18 Å². The SMILES string of the molecule is NC1(C(=O)Nc2ccc(Cl)cc2F)CCCCC1. The Hall–Kier alpha value is -1.13. The lowest BCUT2D eigenvalue weighted by molar-refractivity contribution is -0.122. The average molecular weight is 271 g/mol. The van der Waals surface area contributed by atoms with Crippen molar-refractivity contribution in [3.05, 3.63) is 29.0 Å². The van der Waals surface area contributed by atoms with E-state index >= 15 is 0 Å². The highest BCUT2D eigenvalue weighted by atomic mass is 35.5. The molecule has 1 fully saturated rings. The number of carbonyl (C=O) groups is 1. The van der Waals surface area contributed by atoms with Gasteiger partial charge in [0.15, 0.2) is 0 Å². The van der Waals surface area contributed by atoms with Gasteiger partial charge >= 0.3 is 0 Å². The number of amides is 1. The molecule has 18 heavy (non-hydrogen) atoms. The molecule has 1 aromatic rings. The number of hydrogen-bond acceptors (Lipinski definition) is 2. The molecule has 0 aromatic heterocycles. The molecule has 2 rings (SSSR count). The molecule has 3 nitrogen and oxygen atoms in total. The van der Waals surface area contributed by atoms with E-state index in [-0.39, 0.29) is 11.6 Å². The second-order valence-corrected chi connectivity index (χ2v) is 5.23. The van der Waals surface area contributed by atoms with E-state index in [1.807, 2.05) is 0 Å². The minimum atomic E-state index is -0.871. The maximum atomic E-state index is 13.6. The summed E-state index contributed by atoms with van der Waals surface area (Å²) in [5.41, 5.74) is 5.32. The Morgan fingerprint density at radius 1 is 1.33 bits per heavy atom. The Bertz CT molecular complexity index is 458. The van der Waals surface area contributed by atoms with Gasteiger partial charge in [-0.2, -0.15) is 0 Å². The molecule has 3 N–H and O–H groups in total. The fraction of sp³-hybridized carbons (Fsp3) is 0.462. The van der Waals surface area contributed by atoms with Crippen LogP contribution >= 0.6 is 11.6 Å². The van der Waals surface area contributed by atoms with Crippen LogP contribution < -0.4 is 11.1 Å².